The lowest BCUT2D eigenvalue weighted by atomic mass is 9.72. The highest BCUT2D eigenvalue weighted by atomic mass is 31.1. The van der Waals surface area contributed by atoms with Crippen LogP contribution in [0.15, 0.2) is 115 Å². The van der Waals surface area contributed by atoms with Crippen LogP contribution in [-0.2, 0) is 0 Å². The van der Waals surface area contributed by atoms with Gasteiger partial charge < -0.3 is 10.1 Å². The summed E-state index contributed by atoms with van der Waals surface area (Å²) in [5.41, 5.74) is 2.75. The van der Waals surface area contributed by atoms with Crippen molar-refractivity contribution in [3.63, 3.8) is 0 Å². The van der Waals surface area contributed by atoms with E-state index < -0.39 is 7.92 Å². The Morgan fingerprint density at radius 1 is 0.956 bits per heavy atom. The Hall–Kier alpha value is -4.05. The van der Waals surface area contributed by atoms with Crippen LogP contribution in [0, 0.1) is 11.8 Å². The molecule has 4 heterocycles. The number of nitrogens with zero attached hydrogens (tertiary/aromatic N) is 2. The second-order valence-corrected chi connectivity index (χ2v) is 14.5. The Morgan fingerprint density at radius 2 is 1.67 bits per heavy atom. The lowest BCUT2D eigenvalue weighted by Gasteiger charge is -2.52. The highest BCUT2D eigenvalue weighted by Gasteiger charge is 2.43. The van der Waals surface area contributed by atoms with Crippen molar-refractivity contribution < 1.29 is 9.53 Å². The summed E-state index contributed by atoms with van der Waals surface area (Å²) in [6.07, 6.45) is 5.41. The van der Waals surface area contributed by atoms with E-state index in [1.54, 1.807) is 7.11 Å². The standard InChI is InChI=1S/C39H40N3O2P/c1-3-27-26-42-23-21-28(27)24-36(42)38(32-20-22-40-35-19-18-29(44-2)25-34(32)35)41-39(43)33-16-10-11-17-37(33)45(30-12-6-4-7-13-30)31-14-8-5-9-15-31/h4-20,22,25,27-28,36,38H,3,21,23-24,26H2,1-2H3,(H,41,43)/t27-,28-,36-,38?/m0/s1. The average Bonchev–Trinajstić information content (AvgIpc) is 3.11. The summed E-state index contributed by atoms with van der Waals surface area (Å²) in [5.74, 6) is 2.17. The van der Waals surface area contributed by atoms with E-state index in [4.69, 9.17) is 4.74 Å². The second-order valence-electron chi connectivity index (χ2n) is 12.3. The van der Waals surface area contributed by atoms with Crippen molar-refractivity contribution in [1.82, 2.24) is 15.2 Å². The first-order valence-corrected chi connectivity index (χ1v) is 17.5. The third-order valence-electron chi connectivity index (χ3n) is 9.87. The van der Waals surface area contributed by atoms with Crippen LogP contribution in [0.4, 0.5) is 0 Å². The molecule has 3 fully saturated rings. The number of carbonyl (C=O) groups is 1. The molecule has 6 heteroatoms. The van der Waals surface area contributed by atoms with Crippen LogP contribution < -0.4 is 26.0 Å². The summed E-state index contributed by atoms with van der Waals surface area (Å²) in [6, 6.07) is 37.5. The van der Waals surface area contributed by atoms with Crippen LogP contribution in [0.5, 0.6) is 5.75 Å². The van der Waals surface area contributed by atoms with Crippen molar-refractivity contribution in [1.29, 1.82) is 0 Å². The van der Waals surface area contributed by atoms with E-state index >= 15 is 0 Å². The van der Waals surface area contributed by atoms with E-state index in [9.17, 15) is 4.79 Å². The van der Waals surface area contributed by atoms with Gasteiger partial charge in [0.25, 0.3) is 5.91 Å². The van der Waals surface area contributed by atoms with E-state index in [0.717, 1.165) is 58.5 Å². The molecular weight excluding hydrogens is 573 g/mol. The largest absolute Gasteiger partial charge is 0.497 e. The van der Waals surface area contributed by atoms with Crippen LogP contribution >= 0.6 is 7.92 Å². The van der Waals surface area contributed by atoms with Crippen LogP contribution in [0.1, 0.15) is 48.1 Å². The topological polar surface area (TPSA) is 54.5 Å². The van der Waals surface area contributed by atoms with Crippen molar-refractivity contribution in [2.75, 3.05) is 20.2 Å². The van der Waals surface area contributed by atoms with Gasteiger partial charge in [0.05, 0.1) is 18.7 Å². The van der Waals surface area contributed by atoms with Gasteiger partial charge in [0.1, 0.15) is 5.75 Å². The monoisotopic (exact) mass is 613 g/mol. The molecule has 4 aromatic carbocycles. The van der Waals surface area contributed by atoms with Crippen LogP contribution in [0.25, 0.3) is 10.9 Å². The molecule has 5 nitrogen and oxygen atoms in total. The number of nitrogens with one attached hydrogen (secondary N) is 1. The number of fused-ring (bicyclic) bond motifs is 4. The van der Waals surface area contributed by atoms with Gasteiger partial charge in [-0.3, -0.25) is 14.7 Å². The summed E-state index contributed by atoms with van der Waals surface area (Å²) < 4.78 is 5.63. The minimum Gasteiger partial charge on any atom is -0.497 e. The van der Waals surface area contributed by atoms with E-state index in [1.807, 2.05) is 30.5 Å². The minimum atomic E-state index is -0.939. The minimum absolute atomic E-state index is 0.0301. The fourth-order valence-corrected chi connectivity index (χ4v) is 10.0. The first kappa shape index (κ1) is 29.6. The highest BCUT2D eigenvalue weighted by Crippen LogP contribution is 2.43. The number of rotatable bonds is 9. The molecule has 3 aliphatic rings. The van der Waals surface area contributed by atoms with Crippen molar-refractivity contribution in [3.8, 4) is 5.75 Å². The molecule has 1 aromatic heterocycles. The third-order valence-corrected chi connectivity index (χ3v) is 12.4. The van der Waals surface area contributed by atoms with Crippen molar-refractivity contribution >= 4 is 40.6 Å². The number of carbonyl (C=O) groups excluding carboxylic acids is 1. The number of pyridine rings is 1. The first-order valence-electron chi connectivity index (χ1n) is 16.1. The summed E-state index contributed by atoms with van der Waals surface area (Å²) in [4.78, 5) is 22.0. The molecule has 0 saturated carbocycles. The van der Waals surface area contributed by atoms with Crippen LogP contribution in [0.3, 0.4) is 0 Å². The van der Waals surface area contributed by atoms with Gasteiger partial charge in [-0.15, -0.1) is 0 Å². The van der Waals surface area contributed by atoms with Gasteiger partial charge in [0.2, 0.25) is 0 Å². The fraction of sp³-hybridized carbons (Fsp3) is 0.282. The van der Waals surface area contributed by atoms with Crippen molar-refractivity contribution in [2.45, 2.75) is 38.3 Å². The zero-order chi connectivity index (χ0) is 30.8. The molecule has 45 heavy (non-hydrogen) atoms. The molecule has 3 saturated heterocycles. The van der Waals surface area contributed by atoms with Gasteiger partial charge >= 0.3 is 0 Å². The molecule has 8 rings (SSSR count). The quantitative estimate of drug-likeness (QED) is 0.191. The number of amides is 1. The number of piperidine rings is 3. The lowest BCUT2D eigenvalue weighted by Crippen LogP contribution is -2.57. The Bertz CT molecular complexity index is 1740. The Kier molecular flexibility index (Phi) is 8.65. The molecule has 0 aliphatic carbocycles. The van der Waals surface area contributed by atoms with Crippen LogP contribution in [-0.4, -0.2) is 42.0 Å². The van der Waals surface area contributed by atoms with Crippen molar-refractivity contribution in [3.05, 3.63) is 127 Å². The fourth-order valence-electron chi connectivity index (χ4n) is 7.58. The van der Waals surface area contributed by atoms with E-state index in [1.165, 1.54) is 23.5 Å². The molecule has 5 aromatic rings. The maximum Gasteiger partial charge on any atom is 0.252 e. The molecule has 5 atom stereocenters. The van der Waals surface area contributed by atoms with E-state index in [2.05, 4.69) is 107 Å². The molecular formula is C39H40N3O2P. The zero-order valence-corrected chi connectivity index (χ0v) is 26.9. The Morgan fingerprint density at radius 3 is 2.33 bits per heavy atom. The van der Waals surface area contributed by atoms with Gasteiger partial charge in [-0.25, -0.2) is 0 Å². The van der Waals surface area contributed by atoms with E-state index in [-0.39, 0.29) is 18.0 Å². The third kappa shape index (κ3) is 5.88. The maximum absolute atomic E-state index is 14.7. The normalized spacial score (nSPS) is 21.5. The SMILES string of the molecule is CC[C@H]1CN2CC[C@H]1C[C@H]2C(NC(=O)c1ccccc1P(c1ccccc1)c1ccccc1)c1ccnc2ccc(OC)cc12. The number of benzene rings is 4. The van der Waals surface area contributed by atoms with Gasteiger partial charge in [-0.2, -0.15) is 0 Å². The van der Waals surface area contributed by atoms with Crippen molar-refractivity contribution in [2.24, 2.45) is 11.8 Å². The molecule has 1 amide bonds. The molecule has 0 radical (unpaired) electrons. The summed E-state index contributed by atoms with van der Waals surface area (Å²) in [5, 5.41) is 8.18. The van der Waals surface area contributed by atoms with Gasteiger partial charge in [-0.05, 0) is 91.0 Å². The molecule has 2 bridgehead atoms. The average molecular weight is 614 g/mol. The Balaban J connectivity index is 1.32. The predicted octanol–water partition coefficient (Wildman–Crippen LogP) is 6.59. The Labute approximate surface area is 267 Å². The molecule has 2 unspecified atom stereocenters. The zero-order valence-electron chi connectivity index (χ0n) is 26.0. The summed E-state index contributed by atoms with van der Waals surface area (Å²) in [7, 11) is 0.757. The van der Waals surface area contributed by atoms with Gasteiger partial charge in [0, 0.05) is 29.7 Å². The summed E-state index contributed by atoms with van der Waals surface area (Å²) in [6.45, 7) is 4.49. The molecule has 1 N–H and O–H groups in total. The maximum atomic E-state index is 14.7. The first-order chi connectivity index (χ1) is 22.1. The number of hydrogen-bond acceptors (Lipinski definition) is 4. The smallest absolute Gasteiger partial charge is 0.252 e. The van der Waals surface area contributed by atoms with E-state index in [0.29, 0.717) is 5.92 Å². The van der Waals surface area contributed by atoms with Gasteiger partial charge in [-0.1, -0.05) is 92.2 Å². The number of methoxy groups -OCH3 is 1. The predicted molar refractivity (Wildman–Crippen MR) is 186 cm³/mol. The number of hydrogen-bond donors (Lipinski definition) is 1. The summed E-state index contributed by atoms with van der Waals surface area (Å²) >= 11 is 0. The lowest BCUT2D eigenvalue weighted by molar-refractivity contribution is -0.0152. The second kappa shape index (κ2) is 13.1. The van der Waals surface area contributed by atoms with Gasteiger partial charge in [0.15, 0.2) is 0 Å². The molecule has 228 valence electrons. The molecule has 3 aliphatic heterocycles. The number of aromatic nitrogens is 1. The number of ether oxygens (including phenoxy) is 1. The highest BCUT2D eigenvalue weighted by molar-refractivity contribution is 7.80. The van der Waals surface area contributed by atoms with Crippen LogP contribution in [0.2, 0.25) is 0 Å². The molecule has 0 spiro atoms.